The largest absolute Gasteiger partial charge is 0.426 e. The van der Waals surface area contributed by atoms with E-state index >= 15 is 0 Å². The molecule has 0 aliphatic rings. The summed E-state index contributed by atoms with van der Waals surface area (Å²) in [6.07, 6.45) is 1.38. The molecule has 114 valence electrons. The quantitative estimate of drug-likeness (QED) is 0.788. The highest BCUT2D eigenvalue weighted by Gasteiger charge is 2.15. The van der Waals surface area contributed by atoms with Crippen LogP contribution in [-0.4, -0.2) is 20.2 Å². The smallest absolute Gasteiger partial charge is 0.216 e. The average molecular weight is 347 g/mol. The molecule has 2 atom stereocenters. The lowest BCUT2D eigenvalue weighted by atomic mass is 10.2. The zero-order chi connectivity index (χ0) is 15.4. The molecule has 7 heteroatoms. The van der Waals surface area contributed by atoms with Crippen molar-refractivity contribution in [2.75, 3.05) is 5.75 Å². The van der Waals surface area contributed by atoms with Crippen LogP contribution in [0.15, 0.2) is 22.6 Å². The van der Waals surface area contributed by atoms with Gasteiger partial charge < -0.3 is 4.42 Å². The molecule has 21 heavy (non-hydrogen) atoms. The summed E-state index contributed by atoms with van der Waals surface area (Å²) in [5, 5.41) is 8.58. The van der Waals surface area contributed by atoms with Crippen molar-refractivity contribution in [1.29, 1.82) is 0 Å². The van der Waals surface area contributed by atoms with Crippen LogP contribution in [-0.2, 0) is 17.2 Å². The van der Waals surface area contributed by atoms with Crippen molar-refractivity contribution in [3.8, 4) is 0 Å². The molecule has 0 aliphatic carbocycles. The summed E-state index contributed by atoms with van der Waals surface area (Å²) in [6, 6.07) is 5.36. The predicted octanol–water partition coefficient (Wildman–Crippen LogP) is 4.13. The second-order valence-corrected chi connectivity index (χ2v) is 7.41. The Morgan fingerprint density at radius 3 is 2.67 bits per heavy atom. The highest BCUT2D eigenvalue weighted by molar-refractivity contribution is 7.85. The van der Waals surface area contributed by atoms with Crippen molar-refractivity contribution in [3.63, 3.8) is 0 Å². The summed E-state index contributed by atoms with van der Waals surface area (Å²) in [5.74, 6) is 1.71. The fourth-order valence-corrected chi connectivity index (χ4v) is 3.44. The van der Waals surface area contributed by atoms with Crippen molar-refractivity contribution in [1.82, 2.24) is 10.2 Å². The molecule has 0 saturated carbocycles. The number of aryl methyl sites for hydroxylation is 2. The van der Waals surface area contributed by atoms with Gasteiger partial charge in [0.15, 0.2) is 0 Å². The van der Waals surface area contributed by atoms with Gasteiger partial charge in [-0.1, -0.05) is 29.3 Å². The van der Waals surface area contributed by atoms with Gasteiger partial charge in [0.05, 0.1) is 15.3 Å². The Kier molecular flexibility index (Phi) is 5.79. The van der Waals surface area contributed by atoms with Crippen LogP contribution in [0.1, 0.15) is 35.9 Å². The van der Waals surface area contributed by atoms with Gasteiger partial charge in [0.25, 0.3) is 0 Å². The minimum atomic E-state index is -0.989. The first kappa shape index (κ1) is 16.5. The number of hydrogen-bond donors (Lipinski definition) is 0. The maximum Gasteiger partial charge on any atom is 0.216 e. The van der Waals surface area contributed by atoms with Crippen LogP contribution in [0.25, 0.3) is 0 Å². The highest BCUT2D eigenvalue weighted by Crippen LogP contribution is 2.28. The molecule has 0 unspecified atom stereocenters. The predicted molar refractivity (Wildman–Crippen MR) is 85.2 cm³/mol. The van der Waals surface area contributed by atoms with Gasteiger partial charge in [0, 0.05) is 29.9 Å². The molecular weight excluding hydrogens is 331 g/mol. The fourth-order valence-electron chi connectivity index (χ4n) is 1.90. The second-order valence-electron chi connectivity index (χ2n) is 4.72. The molecule has 4 nitrogen and oxygen atoms in total. The van der Waals surface area contributed by atoms with Gasteiger partial charge in [-0.15, -0.1) is 10.2 Å². The molecule has 0 radical (unpaired) electrons. The van der Waals surface area contributed by atoms with Crippen LogP contribution in [0.3, 0.4) is 0 Å². The fraction of sp³-hybridized carbons (Fsp3) is 0.429. The van der Waals surface area contributed by atoms with Crippen LogP contribution in [0.2, 0.25) is 10.0 Å². The van der Waals surface area contributed by atoms with E-state index in [9.17, 15) is 4.21 Å². The van der Waals surface area contributed by atoms with Crippen LogP contribution in [0.4, 0.5) is 0 Å². The number of rotatable bonds is 6. The standard InChI is InChI=1S/C14H16Cl2N2O2S/c1-9(11-5-6-12(15)13(16)8-11)21(19)7-3-4-14-18-17-10(2)20-14/h5-6,8-9H,3-4,7H2,1-2H3/t9-,21-/m0/s1. The van der Waals surface area contributed by atoms with E-state index in [0.717, 1.165) is 12.0 Å². The lowest BCUT2D eigenvalue weighted by Gasteiger charge is -2.12. The monoisotopic (exact) mass is 346 g/mol. The lowest BCUT2D eigenvalue weighted by molar-refractivity contribution is 0.465. The Morgan fingerprint density at radius 1 is 1.29 bits per heavy atom. The summed E-state index contributed by atoms with van der Waals surface area (Å²) in [4.78, 5) is 0. The first-order chi connectivity index (χ1) is 9.97. The third kappa shape index (κ3) is 4.53. The average Bonchev–Trinajstić information content (AvgIpc) is 2.86. The maximum absolute atomic E-state index is 12.3. The minimum Gasteiger partial charge on any atom is -0.426 e. The number of hydrogen-bond acceptors (Lipinski definition) is 4. The van der Waals surface area contributed by atoms with Gasteiger partial charge >= 0.3 is 0 Å². The van der Waals surface area contributed by atoms with E-state index in [2.05, 4.69) is 10.2 Å². The van der Waals surface area contributed by atoms with Crippen LogP contribution in [0.5, 0.6) is 0 Å². The van der Waals surface area contributed by atoms with Gasteiger partial charge in [0.2, 0.25) is 11.8 Å². The lowest BCUT2D eigenvalue weighted by Crippen LogP contribution is -2.07. The Bertz CT molecular complexity index is 646. The van der Waals surface area contributed by atoms with E-state index in [-0.39, 0.29) is 5.25 Å². The van der Waals surface area contributed by atoms with Crippen molar-refractivity contribution in [2.24, 2.45) is 0 Å². The van der Waals surface area contributed by atoms with Crippen LogP contribution < -0.4 is 0 Å². The molecule has 0 saturated heterocycles. The molecule has 0 N–H and O–H groups in total. The van der Waals surface area contributed by atoms with E-state index in [4.69, 9.17) is 27.6 Å². The zero-order valence-electron chi connectivity index (χ0n) is 11.8. The van der Waals surface area contributed by atoms with E-state index in [1.807, 2.05) is 13.0 Å². The normalized spacial score (nSPS) is 14.1. The molecule has 0 fully saturated rings. The van der Waals surface area contributed by atoms with Crippen molar-refractivity contribution < 1.29 is 8.63 Å². The molecule has 1 aromatic carbocycles. The number of aromatic nitrogens is 2. The number of nitrogens with zero attached hydrogens (tertiary/aromatic N) is 2. The van der Waals surface area contributed by atoms with Crippen molar-refractivity contribution >= 4 is 34.0 Å². The van der Waals surface area contributed by atoms with Crippen molar-refractivity contribution in [2.45, 2.75) is 31.9 Å². The molecule has 0 spiro atoms. The second kappa shape index (κ2) is 7.38. The first-order valence-corrected chi connectivity index (χ1v) is 8.72. The topological polar surface area (TPSA) is 56.0 Å². The van der Waals surface area contributed by atoms with E-state index in [1.165, 1.54) is 0 Å². The van der Waals surface area contributed by atoms with E-state index < -0.39 is 10.8 Å². The third-order valence-electron chi connectivity index (χ3n) is 3.11. The third-order valence-corrected chi connectivity index (χ3v) is 5.60. The summed E-state index contributed by atoms with van der Waals surface area (Å²) in [5.41, 5.74) is 0.927. The van der Waals surface area contributed by atoms with Gasteiger partial charge in [-0.3, -0.25) is 4.21 Å². The molecule has 1 aromatic heterocycles. The maximum atomic E-state index is 12.3. The van der Waals surface area contributed by atoms with Gasteiger partial charge in [-0.25, -0.2) is 0 Å². The van der Waals surface area contributed by atoms with Gasteiger partial charge in [-0.2, -0.15) is 0 Å². The molecule has 2 rings (SSSR count). The highest BCUT2D eigenvalue weighted by atomic mass is 35.5. The molecular formula is C14H16Cl2N2O2S. The Hall–Kier alpha value is -0.910. The van der Waals surface area contributed by atoms with E-state index in [1.54, 1.807) is 19.1 Å². The summed E-state index contributed by atoms with van der Waals surface area (Å²) in [7, 11) is -0.989. The zero-order valence-corrected chi connectivity index (χ0v) is 14.1. The Morgan fingerprint density at radius 2 is 2.05 bits per heavy atom. The first-order valence-electron chi connectivity index (χ1n) is 6.58. The van der Waals surface area contributed by atoms with E-state index in [0.29, 0.717) is 34.0 Å². The molecule has 0 aliphatic heterocycles. The molecule has 0 bridgehead atoms. The molecule has 2 aromatic rings. The van der Waals surface area contributed by atoms with Crippen LogP contribution >= 0.6 is 23.2 Å². The van der Waals surface area contributed by atoms with Crippen molar-refractivity contribution in [3.05, 3.63) is 45.6 Å². The minimum absolute atomic E-state index is 0.0933. The number of halogens is 2. The summed E-state index contributed by atoms with van der Waals surface area (Å²) < 4.78 is 17.6. The molecule has 0 amide bonds. The summed E-state index contributed by atoms with van der Waals surface area (Å²) >= 11 is 11.9. The SMILES string of the molecule is Cc1nnc(CCC[S@](=O)[C@@H](C)c2ccc(Cl)c(Cl)c2)o1. The number of benzene rings is 1. The Labute approximate surface area is 136 Å². The van der Waals surface area contributed by atoms with Crippen LogP contribution in [0, 0.1) is 6.92 Å². The molecule has 1 heterocycles. The Balaban J connectivity index is 1.88. The van der Waals surface area contributed by atoms with Gasteiger partial charge in [0.1, 0.15) is 0 Å². The van der Waals surface area contributed by atoms with Gasteiger partial charge in [-0.05, 0) is 31.0 Å². The summed E-state index contributed by atoms with van der Waals surface area (Å²) in [6.45, 7) is 3.67.